The first-order valence-corrected chi connectivity index (χ1v) is 7.17. The maximum absolute atomic E-state index is 11.9. The topological polar surface area (TPSA) is 58.6 Å². The van der Waals surface area contributed by atoms with E-state index in [0.717, 1.165) is 10.2 Å². The third-order valence-corrected chi connectivity index (χ3v) is 3.80. The number of carbonyl (C=O) groups is 2. The highest BCUT2D eigenvalue weighted by Gasteiger charge is 2.41. The van der Waals surface area contributed by atoms with Gasteiger partial charge in [0.25, 0.3) is 0 Å². The Kier molecular flexibility index (Phi) is 4.32. The molecule has 5 nitrogen and oxygen atoms in total. The fraction of sp³-hybridized carbons (Fsp3) is 0.429. The number of rotatable bonds is 4. The van der Waals surface area contributed by atoms with Gasteiger partial charge in [0.2, 0.25) is 11.8 Å². The Labute approximate surface area is 126 Å². The first-order chi connectivity index (χ1) is 9.41. The second-order valence-electron chi connectivity index (χ2n) is 5.09. The number of nitrogens with one attached hydrogen (secondary N) is 1. The Hall–Kier alpha value is -1.56. The minimum Gasteiger partial charge on any atom is -0.492 e. The highest BCUT2D eigenvalue weighted by Crippen LogP contribution is 2.20. The van der Waals surface area contributed by atoms with Crippen molar-refractivity contribution in [3.05, 3.63) is 28.7 Å². The fourth-order valence-electron chi connectivity index (χ4n) is 2.12. The number of hydrogen-bond acceptors (Lipinski definition) is 3. The number of nitrogens with zero attached hydrogens (tertiary/aromatic N) is 1. The molecule has 1 aliphatic heterocycles. The van der Waals surface area contributed by atoms with Crippen molar-refractivity contribution in [3.63, 3.8) is 0 Å². The summed E-state index contributed by atoms with van der Waals surface area (Å²) in [7, 11) is 0. The minimum atomic E-state index is -0.837. The Bertz CT molecular complexity index is 531. The predicted octanol–water partition coefficient (Wildman–Crippen LogP) is 1.56. The predicted molar refractivity (Wildman–Crippen MR) is 78.4 cm³/mol. The lowest BCUT2D eigenvalue weighted by atomic mass is 9.99. The van der Waals surface area contributed by atoms with E-state index < -0.39 is 5.54 Å². The van der Waals surface area contributed by atoms with Crippen LogP contribution in [0.25, 0.3) is 0 Å². The molecule has 0 saturated carbocycles. The average Bonchev–Trinajstić information content (AvgIpc) is 2.39. The number of piperazine rings is 1. The maximum atomic E-state index is 11.9. The van der Waals surface area contributed by atoms with E-state index in [1.54, 1.807) is 18.7 Å². The molecule has 0 radical (unpaired) electrons. The van der Waals surface area contributed by atoms with Gasteiger partial charge >= 0.3 is 0 Å². The van der Waals surface area contributed by atoms with Gasteiger partial charge in [-0.2, -0.15) is 0 Å². The van der Waals surface area contributed by atoms with E-state index in [9.17, 15) is 9.59 Å². The zero-order chi connectivity index (χ0) is 14.8. The number of amides is 2. The molecule has 1 N–H and O–H groups in total. The molecule has 0 bridgehead atoms. The first-order valence-electron chi connectivity index (χ1n) is 6.38. The SMILES string of the molecule is CC1(C)C(=O)NCC(=O)N1CCOc1cccc(Br)c1. The number of benzene rings is 1. The number of carbonyl (C=O) groups excluding carboxylic acids is 2. The van der Waals surface area contributed by atoms with Gasteiger partial charge in [0.05, 0.1) is 13.1 Å². The largest absolute Gasteiger partial charge is 0.492 e. The summed E-state index contributed by atoms with van der Waals surface area (Å²) in [5.74, 6) is 0.498. The molecule has 1 fully saturated rings. The van der Waals surface area contributed by atoms with Crippen LogP contribution in [0.4, 0.5) is 0 Å². The van der Waals surface area contributed by atoms with Gasteiger partial charge in [0.15, 0.2) is 0 Å². The molecule has 6 heteroatoms. The van der Waals surface area contributed by atoms with Crippen molar-refractivity contribution >= 4 is 27.7 Å². The van der Waals surface area contributed by atoms with Gasteiger partial charge in [0, 0.05) is 4.47 Å². The fourth-order valence-corrected chi connectivity index (χ4v) is 2.50. The molecule has 0 atom stereocenters. The van der Waals surface area contributed by atoms with Crippen LogP contribution >= 0.6 is 15.9 Å². The standard InChI is InChI=1S/C14H17BrN2O3/c1-14(2)13(19)16-9-12(18)17(14)6-7-20-11-5-3-4-10(15)8-11/h3-5,8H,6-7,9H2,1-2H3,(H,16,19). The van der Waals surface area contributed by atoms with Gasteiger partial charge in [-0.05, 0) is 32.0 Å². The second-order valence-corrected chi connectivity index (χ2v) is 6.01. The van der Waals surface area contributed by atoms with Crippen molar-refractivity contribution in [2.24, 2.45) is 0 Å². The molecule has 1 aromatic rings. The van der Waals surface area contributed by atoms with Gasteiger partial charge in [-0.1, -0.05) is 22.0 Å². The van der Waals surface area contributed by atoms with Crippen LogP contribution < -0.4 is 10.1 Å². The summed E-state index contributed by atoms with van der Waals surface area (Å²) in [6.45, 7) is 4.25. The smallest absolute Gasteiger partial charge is 0.245 e. The molecule has 0 spiro atoms. The molecule has 20 heavy (non-hydrogen) atoms. The summed E-state index contributed by atoms with van der Waals surface area (Å²) in [4.78, 5) is 25.3. The van der Waals surface area contributed by atoms with Crippen LogP contribution in [-0.4, -0.2) is 41.9 Å². The van der Waals surface area contributed by atoms with Gasteiger partial charge in [-0.25, -0.2) is 0 Å². The zero-order valence-corrected chi connectivity index (χ0v) is 13.1. The molecule has 0 aliphatic carbocycles. The molecule has 2 rings (SSSR count). The Morgan fingerprint density at radius 2 is 2.15 bits per heavy atom. The van der Waals surface area contributed by atoms with Gasteiger partial charge in [-0.15, -0.1) is 0 Å². The van der Waals surface area contributed by atoms with E-state index in [1.807, 2.05) is 24.3 Å². The molecular weight excluding hydrogens is 324 g/mol. The van der Waals surface area contributed by atoms with Crippen molar-refractivity contribution in [1.29, 1.82) is 0 Å². The van der Waals surface area contributed by atoms with E-state index in [-0.39, 0.29) is 18.4 Å². The van der Waals surface area contributed by atoms with Crippen LogP contribution in [-0.2, 0) is 9.59 Å². The van der Waals surface area contributed by atoms with Gasteiger partial charge in [0.1, 0.15) is 17.9 Å². The summed E-state index contributed by atoms with van der Waals surface area (Å²) in [6, 6.07) is 7.49. The minimum absolute atomic E-state index is 0.0547. The van der Waals surface area contributed by atoms with Crippen molar-refractivity contribution in [2.75, 3.05) is 19.7 Å². The van der Waals surface area contributed by atoms with Crippen LogP contribution in [0.2, 0.25) is 0 Å². The highest BCUT2D eigenvalue weighted by molar-refractivity contribution is 9.10. The van der Waals surface area contributed by atoms with E-state index in [2.05, 4.69) is 21.2 Å². The summed E-state index contributed by atoms with van der Waals surface area (Å²) in [5, 5.41) is 2.59. The quantitative estimate of drug-likeness (QED) is 0.904. The van der Waals surface area contributed by atoms with Crippen LogP contribution in [0.3, 0.4) is 0 Å². The molecule has 2 amide bonds. The van der Waals surface area contributed by atoms with E-state index in [4.69, 9.17) is 4.74 Å². The summed E-state index contributed by atoms with van der Waals surface area (Å²) in [5.41, 5.74) is -0.837. The van der Waals surface area contributed by atoms with E-state index >= 15 is 0 Å². The maximum Gasteiger partial charge on any atom is 0.245 e. The number of halogens is 1. The summed E-state index contributed by atoms with van der Waals surface area (Å²) in [6.07, 6.45) is 0. The van der Waals surface area contributed by atoms with E-state index in [1.165, 1.54) is 0 Å². The van der Waals surface area contributed by atoms with Crippen molar-refractivity contribution in [3.8, 4) is 5.75 Å². The Balaban J connectivity index is 1.95. The van der Waals surface area contributed by atoms with Gasteiger partial charge in [-0.3, -0.25) is 9.59 Å². The third kappa shape index (κ3) is 3.12. The summed E-state index contributed by atoms with van der Waals surface area (Å²) < 4.78 is 6.54. The first kappa shape index (κ1) is 14.8. The van der Waals surface area contributed by atoms with Crippen molar-refractivity contribution < 1.29 is 14.3 Å². The monoisotopic (exact) mass is 340 g/mol. The average molecular weight is 341 g/mol. The molecule has 108 valence electrons. The van der Waals surface area contributed by atoms with Crippen molar-refractivity contribution in [2.45, 2.75) is 19.4 Å². The second kappa shape index (κ2) is 5.83. The van der Waals surface area contributed by atoms with Crippen molar-refractivity contribution in [1.82, 2.24) is 10.2 Å². The lowest BCUT2D eigenvalue weighted by Crippen LogP contribution is -2.64. The molecule has 1 saturated heterocycles. The normalized spacial score (nSPS) is 17.9. The lowest BCUT2D eigenvalue weighted by molar-refractivity contribution is -0.151. The third-order valence-electron chi connectivity index (χ3n) is 3.31. The van der Waals surface area contributed by atoms with Crippen LogP contribution in [0, 0.1) is 0 Å². The van der Waals surface area contributed by atoms with Crippen LogP contribution in [0.15, 0.2) is 28.7 Å². The Morgan fingerprint density at radius 3 is 2.85 bits per heavy atom. The molecule has 1 aliphatic rings. The van der Waals surface area contributed by atoms with E-state index in [0.29, 0.717) is 13.2 Å². The number of ether oxygens (including phenoxy) is 1. The molecular formula is C14H17BrN2O3. The molecule has 1 aromatic carbocycles. The van der Waals surface area contributed by atoms with Gasteiger partial charge < -0.3 is 15.0 Å². The van der Waals surface area contributed by atoms with Crippen LogP contribution in [0.5, 0.6) is 5.75 Å². The molecule has 0 unspecified atom stereocenters. The molecule has 1 heterocycles. The Morgan fingerprint density at radius 1 is 1.40 bits per heavy atom. The highest BCUT2D eigenvalue weighted by atomic mass is 79.9. The zero-order valence-electron chi connectivity index (χ0n) is 11.5. The number of hydrogen-bond donors (Lipinski definition) is 1. The van der Waals surface area contributed by atoms with Crippen LogP contribution in [0.1, 0.15) is 13.8 Å². The molecule has 0 aromatic heterocycles. The summed E-state index contributed by atoms with van der Waals surface area (Å²) >= 11 is 3.37. The lowest BCUT2D eigenvalue weighted by Gasteiger charge is -2.40.